The number of aromatic nitrogens is 3. The number of halogens is 2. The van der Waals surface area contributed by atoms with Gasteiger partial charge in [-0.2, -0.15) is 15.0 Å². The molecule has 8 heteroatoms. The van der Waals surface area contributed by atoms with Gasteiger partial charge >= 0.3 is 6.01 Å². The molecule has 0 spiro atoms. The predicted octanol–water partition coefficient (Wildman–Crippen LogP) is 3.58. The van der Waals surface area contributed by atoms with E-state index in [1.54, 1.807) is 7.05 Å². The molecule has 2 aromatic rings. The van der Waals surface area contributed by atoms with Crippen LogP contribution < -0.4 is 15.4 Å². The zero-order valence-corrected chi connectivity index (χ0v) is 14.1. The molecular weight excluding hydrogens is 390 g/mol. The highest BCUT2D eigenvalue weighted by Crippen LogP contribution is 2.28. The molecule has 0 aliphatic heterocycles. The number of anilines is 3. The monoisotopic (exact) mass is 401 g/mol. The maximum absolute atomic E-state index is 5.32. The van der Waals surface area contributed by atoms with Gasteiger partial charge in [-0.1, -0.05) is 15.9 Å². The lowest BCUT2D eigenvalue weighted by atomic mass is 10.3. The van der Waals surface area contributed by atoms with Gasteiger partial charge in [-0.15, -0.1) is 0 Å². The Kier molecular flexibility index (Phi) is 5.13. The molecular formula is C12H13Br2N5O. The van der Waals surface area contributed by atoms with Gasteiger partial charge in [0, 0.05) is 16.0 Å². The SMILES string of the molecule is CCOc1nc(NC)nc(Nc2cc(Br)ccc2Br)n1. The fourth-order valence-electron chi connectivity index (χ4n) is 1.43. The molecule has 0 saturated heterocycles. The fraction of sp³-hybridized carbons (Fsp3) is 0.250. The van der Waals surface area contributed by atoms with Crippen molar-refractivity contribution in [2.75, 3.05) is 24.3 Å². The summed E-state index contributed by atoms with van der Waals surface area (Å²) in [4.78, 5) is 12.6. The molecule has 2 N–H and O–H groups in total. The quantitative estimate of drug-likeness (QED) is 0.796. The van der Waals surface area contributed by atoms with E-state index >= 15 is 0 Å². The minimum atomic E-state index is 0.278. The molecule has 2 rings (SSSR count). The van der Waals surface area contributed by atoms with Gasteiger partial charge in [-0.3, -0.25) is 0 Å². The third-order valence-electron chi connectivity index (χ3n) is 2.29. The Morgan fingerprint density at radius 1 is 1.15 bits per heavy atom. The molecule has 1 aromatic heterocycles. The van der Waals surface area contributed by atoms with Crippen molar-refractivity contribution < 1.29 is 4.74 Å². The maximum Gasteiger partial charge on any atom is 0.323 e. The first-order valence-electron chi connectivity index (χ1n) is 5.91. The second-order valence-corrected chi connectivity index (χ2v) is 5.47. The van der Waals surface area contributed by atoms with Crippen LogP contribution in [-0.2, 0) is 0 Å². The Bertz CT molecular complexity index is 608. The predicted molar refractivity (Wildman–Crippen MR) is 85.7 cm³/mol. The number of ether oxygens (including phenoxy) is 1. The van der Waals surface area contributed by atoms with Gasteiger partial charge in [0.25, 0.3) is 0 Å². The summed E-state index contributed by atoms with van der Waals surface area (Å²) in [5, 5.41) is 6.00. The summed E-state index contributed by atoms with van der Waals surface area (Å²) >= 11 is 6.90. The van der Waals surface area contributed by atoms with Gasteiger partial charge in [-0.25, -0.2) is 0 Å². The fourth-order valence-corrected chi connectivity index (χ4v) is 2.14. The molecule has 0 aliphatic rings. The van der Waals surface area contributed by atoms with Crippen LogP contribution in [0.5, 0.6) is 6.01 Å². The molecule has 106 valence electrons. The molecule has 1 heterocycles. The van der Waals surface area contributed by atoms with Crippen LogP contribution in [0.15, 0.2) is 27.1 Å². The topological polar surface area (TPSA) is 72.0 Å². The molecule has 0 radical (unpaired) electrons. The van der Waals surface area contributed by atoms with Gasteiger partial charge in [0.05, 0.1) is 12.3 Å². The molecule has 6 nitrogen and oxygen atoms in total. The molecule has 0 saturated carbocycles. The van der Waals surface area contributed by atoms with Gasteiger partial charge < -0.3 is 15.4 Å². The first-order chi connectivity index (χ1) is 9.62. The molecule has 0 aliphatic carbocycles. The van der Waals surface area contributed by atoms with E-state index in [-0.39, 0.29) is 6.01 Å². The Balaban J connectivity index is 2.32. The number of hydrogen-bond donors (Lipinski definition) is 2. The van der Waals surface area contributed by atoms with Gasteiger partial charge in [0.15, 0.2) is 0 Å². The van der Waals surface area contributed by atoms with Crippen molar-refractivity contribution in [3.8, 4) is 6.01 Å². The number of rotatable bonds is 5. The molecule has 0 fully saturated rings. The Hall–Kier alpha value is -1.41. The Labute approximate surface area is 133 Å². The van der Waals surface area contributed by atoms with Crippen molar-refractivity contribution in [3.05, 3.63) is 27.1 Å². The number of nitrogens with zero attached hydrogens (tertiary/aromatic N) is 3. The van der Waals surface area contributed by atoms with E-state index in [9.17, 15) is 0 Å². The first-order valence-corrected chi connectivity index (χ1v) is 7.49. The molecule has 1 aromatic carbocycles. The summed E-state index contributed by atoms with van der Waals surface area (Å²) in [5.41, 5.74) is 0.843. The van der Waals surface area contributed by atoms with E-state index in [1.165, 1.54) is 0 Å². The average Bonchev–Trinajstić information content (AvgIpc) is 2.43. The Morgan fingerprint density at radius 2 is 1.90 bits per heavy atom. The second kappa shape index (κ2) is 6.85. The highest BCUT2D eigenvalue weighted by Gasteiger charge is 2.08. The summed E-state index contributed by atoms with van der Waals surface area (Å²) in [6, 6.07) is 6.07. The highest BCUT2D eigenvalue weighted by molar-refractivity contribution is 9.11. The van der Waals surface area contributed by atoms with Crippen LogP contribution in [0.4, 0.5) is 17.6 Å². The van der Waals surface area contributed by atoms with Crippen LogP contribution in [0, 0.1) is 0 Å². The van der Waals surface area contributed by atoms with Gasteiger partial charge in [0.1, 0.15) is 0 Å². The lowest BCUT2D eigenvalue weighted by Gasteiger charge is -2.10. The lowest BCUT2D eigenvalue weighted by Crippen LogP contribution is -2.07. The molecule has 20 heavy (non-hydrogen) atoms. The van der Waals surface area contributed by atoms with Crippen LogP contribution in [0.1, 0.15) is 6.92 Å². The van der Waals surface area contributed by atoms with Crippen molar-refractivity contribution >= 4 is 49.4 Å². The minimum absolute atomic E-state index is 0.278. The van der Waals surface area contributed by atoms with Crippen LogP contribution in [0.25, 0.3) is 0 Å². The smallest absolute Gasteiger partial charge is 0.323 e. The molecule has 0 amide bonds. The third-order valence-corrected chi connectivity index (χ3v) is 3.47. The van der Waals surface area contributed by atoms with E-state index in [2.05, 4.69) is 57.4 Å². The van der Waals surface area contributed by atoms with Gasteiger partial charge in [-0.05, 0) is 41.1 Å². The normalized spacial score (nSPS) is 10.2. The highest BCUT2D eigenvalue weighted by atomic mass is 79.9. The second-order valence-electron chi connectivity index (χ2n) is 3.70. The van der Waals surface area contributed by atoms with E-state index in [1.807, 2.05) is 25.1 Å². The van der Waals surface area contributed by atoms with E-state index in [4.69, 9.17) is 4.74 Å². The van der Waals surface area contributed by atoms with E-state index < -0.39 is 0 Å². The van der Waals surface area contributed by atoms with Crippen molar-refractivity contribution in [1.82, 2.24) is 15.0 Å². The zero-order valence-electron chi connectivity index (χ0n) is 10.9. The summed E-state index contributed by atoms with van der Waals surface area (Å²) in [6.07, 6.45) is 0. The van der Waals surface area contributed by atoms with Crippen LogP contribution >= 0.6 is 31.9 Å². The standard InChI is InChI=1S/C12H13Br2N5O/c1-3-20-12-18-10(15-2)17-11(19-12)16-9-6-7(13)4-5-8(9)14/h4-6H,3H2,1-2H3,(H2,15,16,17,18,19). The van der Waals surface area contributed by atoms with E-state index in [0.29, 0.717) is 18.5 Å². The summed E-state index contributed by atoms with van der Waals surface area (Å²) in [6.45, 7) is 2.37. The number of benzene rings is 1. The number of nitrogens with one attached hydrogen (secondary N) is 2. The summed E-state index contributed by atoms with van der Waals surface area (Å²) in [5.74, 6) is 0.851. The zero-order chi connectivity index (χ0) is 14.5. The van der Waals surface area contributed by atoms with Crippen molar-refractivity contribution in [2.45, 2.75) is 6.92 Å². The van der Waals surface area contributed by atoms with Crippen molar-refractivity contribution in [2.24, 2.45) is 0 Å². The van der Waals surface area contributed by atoms with Crippen LogP contribution in [-0.4, -0.2) is 28.6 Å². The maximum atomic E-state index is 5.32. The third kappa shape index (κ3) is 3.80. The largest absolute Gasteiger partial charge is 0.464 e. The molecule has 0 unspecified atom stereocenters. The van der Waals surface area contributed by atoms with Crippen molar-refractivity contribution in [1.29, 1.82) is 0 Å². The van der Waals surface area contributed by atoms with Crippen LogP contribution in [0.3, 0.4) is 0 Å². The van der Waals surface area contributed by atoms with E-state index in [0.717, 1.165) is 14.6 Å². The molecule has 0 atom stereocenters. The van der Waals surface area contributed by atoms with Crippen molar-refractivity contribution in [3.63, 3.8) is 0 Å². The minimum Gasteiger partial charge on any atom is -0.464 e. The molecule has 0 bridgehead atoms. The van der Waals surface area contributed by atoms with Gasteiger partial charge in [0.2, 0.25) is 11.9 Å². The Morgan fingerprint density at radius 3 is 2.60 bits per heavy atom. The summed E-state index contributed by atoms with van der Waals surface area (Å²) < 4.78 is 7.18. The average molecular weight is 403 g/mol. The van der Waals surface area contributed by atoms with Crippen LogP contribution in [0.2, 0.25) is 0 Å². The first kappa shape index (κ1) is 15.0. The summed E-state index contributed by atoms with van der Waals surface area (Å²) in [7, 11) is 1.74. The lowest BCUT2D eigenvalue weighted by molar-refractivity contribution is 0.312. The number of hydrogen-bond acceptors (Lipinski definition) is 6.